The summed E-state index contributed by atoms with van der Waals surface area (Å²) in [5, 5.41) is 2.44. The van der Waals surface area contributed by atoms with Crippen molar-refractivity contribution in [2.45, 2.75) is 42.4 Å². The molecule has 0 amide bonds. The Labute approximate surface area is 116 Å². The maximum atomic E-state index is 6.03. The molecule has 2 aliphatic rings. The van der Waals surface area contributed by atoms with Crippen molar-refractivity contribution in [3.63, 3.8) is 0 Å². The van der Waals surface area contributed by atoms with Gasteiger partial charge in [0.05, 0.1) is 22.4 Å². The fourth-order valence-electron chi connectivity index (χ4n) is 3.24. The minimum atomic E-state index is -0.0596. The van der Waals surface area contributed by atoms with Crippen LogP contribution >= 0.6 is 27.7 Å². The van der Waals surface area contributed by atoms with Crippen molar-refractivity contribution >= 4 is 27.7 Å². The molecule has 2 aliphatic heterocycles. The van der Waals surface area contributed by atoms with Crippen LogP contribution < -0.4 is 10.2 Å². The van der Waals surface area contributed by atoms with Gasteiger partial charge in [0, 0.05) is 12.7 Å². The first-order valence-corrected chi connectivity index (χ1v) is 7.91. The van der Waals surface area contributed by atoms with Crippen LogP contribution in [0.4, 0.5) is 0 Å². The second kappa shape index (κ2) is 4.53. The van der Waals surface area contributed by atoms with Crippen LogP contribution in [0.5, 0.6) is 0 Å². The van der Waals surface area contributed by atoms with E-state index in [4.69, 9.17) is 4.74 Å². The average molecular weight is 323 g/mol. The van der Waals surface area contributed by atoms with Gasteiger partial charge in [-0.25, -0.2) is 4.90 Å². The van der Waals surface area contributed by atoms with Gasteiger partial charge in [-0.1, -0.05) is 6.08 Å². The largest absolute Gasteiger partial charge is 0.327 e. The van der Waals surface area contributed by atoms with Gasteiger partial charge in [-0.2, -0.15) is 0 Å². The van der Waals surface area contributed by atoms with Gasteiger partial charge in [0.25, 0.3) is 0 Å². The number of ether oxygens (including phenoxy) is 1. The van der Waals surface area contributed by atoms with Gasteiger partial charge in [0.1, 0.15) is 18.7 Å². The highest BCUT2D eigenvalue weighted by molar-refractivity contribution is 9.11. The maximum Gasteiger partial charge on any atom is 0.327 e. The van der Waals surface area contributed by atoms with E-state index in [0.29, 0.717) is 0 Å². The van der Waals surface area contributed by atoms with Crippen molar-refractivity contribution in [1.82, 2.24) is 0 Å². The molecule has 3 N–H and O–H groups in total. The molecule has 3 atom stereocenters. The molecule has 17 heavy (non-hydrogen) atoms. The number of halogens is 1. The van der Waals surface area contributed by atoms with Crippen LogP contribution in [0, 0.1) is 0 Å². The SMILES string of the molecule is C=CCS[C@]1(Br)[NH2+]C(C)(C)C[C@]2(C)OCC[NH+]12. The average Bonchev–Trinajstić information content (AvgIpc) is 2.55. The van der Waals surface area contributed by atoms with Gasteiger partial charge in [-0.05, 0) is 25.6 Å². The molecule has 0 aromatic carbocycles. The van der Waals surface area contributed by atoms with Crippen LogP contribution in [-0.2, 0) is 4.74 Å². The summed E-state index contributed by atoms with van der Waals surface area (Å²) in [6.07, 6.45) is 3.05. The molecule has 2 heterocycles. The summed E-state index contributed by atoms with van der Waals surface area (Å²) in [5.74, 6) is 0.956. The number of nitrogens with one attached hydrogen (secondary N) is 1. The second-order valence-corrected chi connectivity index (χ2v) is 8.90. The zero-order valence-electron chi connectivity index (χ0n) is 10.9. The van der Waals surface area contributed by atoms with E-state index in [1.165, 1.54) is 4.90 Å². The second-order valence-electron chi connectivity index (χ2n) is 5.86. The minimum absolute atomic E-state index is 0.0474. The summed E-state index contributed by atoms with van der Waals surface area (Å²) in [6, 6.07) is 0. The summed E-state index contributed by atoms with van der Waals surface area (Å²) in [6.45, 7) is 12.6. The third kappa shape index (κ3) is 2.59. The number of fused-ring (bicyclic) bond motifs is 1. The summed E-state index contributed by atoms with van der Waals surface area (Å²) in [4.78, 5) is 1.50. The molecule has 0 saturated carbocycles. The first-order chi connectivity index (χ1) is 7.81. The molecular formula is C12H23BrN2OS+2. The molecule has 0 aliphatic carbocycles. The molecule has 98 valence electrons. The maximum absolute atomic E-state index is 6.03. The molecule has 3 nitrogen and oxygen atoms in total. The van der Waals surface area contributed by atoms with Gasteiger partial charge in [-0.15, -0.1) is 6.58 Å². The lowest BCUT2D eigenvalue weighted by Crippen LogP contribution is -3.38. The lowest BCUT2D eigenvalue weighted by atomic mass is 9.90. The molecule has 2 saturated heterocycles. The smallest absolute Gasteiger partial charge is 0.321 e. The zero-order chi connectivity index (χ0) is 12.7. The minimum Gasteiger partial charge on any atom is -0.321 e. The Morgan fingerprint density at radius 2 is 2.24 bits per heavy atom. The molecular weight excluding hydrogens is 300 g/mol. The van der Waals surface area contributed by atoms with E-state index in [-0.39, 0.29) is 15.2 Å². The van der Waals surface area contributed by atoms with Crippen LogP contribution in [-0.4, -0.2) is 34.1 Å². The first kappa shape index (κ1) is 13.9. The zero-order valence-corrected chi connectivity index (χ0v) is 13.3. The lowest BCUT2D eigenvalue weighted by Gasteiger charge is -2.48. The number of nitrogens with two attached hydrogens (primary N) is 1. The van der Waals surface area contributed by atoms with Crippen molar-refractivity contribution in [3.05, 3.63) is 12.7 Å². The molecule has 1 unspecified atom stereocenters. The number of hydrogen-bond donors (Lipinski definition) is 2. The molecule has 2 fully saturated rings. The van der Waals surface area contributed by atoms with Gasteiger partial charge in [0.15, 0.2) is 0 Å². The monoisotopic (exact) mass is 322 g/mol. The predicted octanol–water partition coefficient (Wildman–Crippen LogP) is 0.289. The normalized spacial score (nSPS) is 44.4. The van der Waals surface area contributed by atoms with E-state index in [1.54, 1.807) is 0 Å². The topological polar surface area (TPSA) is 30.3 Å². The van der Waals surface area contributed by atoms with E-state index >= 15 is 0 Å². The van der Waals surface area contributed by atoms with E-state index in [0.717, 1.165) is 25.3 Å². The Bertz CT molecular complexity index is 326. The summed E-state index contributed by atoms with van der Waals surface area (Å²) >= 11 is 5.86. The van der Waals surface area contributed by atoms with Crippen LogP contribution in [0.15, 0.2) is 12.7 Å². The molecule has 5 heteroatoms. The predicted molar refractivity (Wildman–Crippen MR) is 75.1 cm³/mol. The lowest BCUT2D eigenvalue weighted by molar-refractivity contribution is -1.10. The Morgan fingerprint density at radius 3 is 2.88 bits per heavy atom. The van der Waals surface area contributed by atoms with Gasteiger partial charge < -0.3 is 4.74 Å². The molecule has 0 radical (unpaired) electrons. The van der Waals surface area contributed by atoms with Crippen LogP contribution in [0.3, 0.4) is 0 Å². The number of thioether (sulfide) groups is 1. The summed E-state index contributed by atoms with van der Waals surface area (Å²) in [7, 11) is 0. The first-order valence-electron chi connectivity index (χ1n) is 6.13. The number of rotatable bonds is 3. The summed E-state index contributed by atoms with van der Waals surface area (Å²) in [5.41, 5.74) is 0.135. The molecule has 0 aromatic heterocycles. The van der Waals surface area contributed by atoms with E-state index in [2.05, 4.69) is 48.6 Å². The highest BCUT2D eigenvalue weighted by Gasteiger charge is 2.64. The van der Waals surface area contributed by atoms with Gasteiger partial charge in [-0.3, -0.25) is 5.32 Å². The Kier molecular flexibility index (Phi) is 3.69. The van der Waals surface area contributed by atoms with Crippen molar-refractivity contribution < 1.29 is 15.0 Å². The van der Waals surface area contributed by atoms with Crippen molar-refractivity contribution in [2.24, 2.45) is 0 Å². The van der Waals surface area contributed by atoms with E-state index in [1.807, 2.05) is 17.8 Å². The molecule has 0 aromatic rings. The number of quaternary nitrogens is 2. The molecule has 2 rings (SSSR count). The van der Waals surface area contributed by atoms with E-state index < -0.39 is 0 Å². The van der Waals surface area contributed by atoms with Crippen molar-refractivity contribution in [1.29, 1.82) is 0 Å². The number of hydrogen-bond acceptors (Lipinski definition) is 2. The molecule has 0 spiro atoms. The number of alkyl halides is 1. The van der Waals surface area contributed by atoms with Crippen molar-refractivity contribution in [3.8, 4) is 0 Å². The Morgan fingerprint density at radius 1 is 1.53 bits per heavy atom. The highest BCUT2D eigenvalue weighted by atomic mass is 79.9. The Balaban J connectivity index is 2.26. The van der Waals surface area contributed by atoms with E-state index in [9.17, 15) is 0 Å². The van der Waals surface area contributed by atoms with Crippen LogP contribution in [0.2, 0.25) is 0 Å². The summed E-state index contributed by atoms with van der Waals surface area (Å²) < 4.78 is 5.98. The highest BCUT2D eigenvalue weighted by Crippen LogP contribution is 2.31. The van der Waals surface area contributed by atoms with Gasteiger partial charge in [0.2, 0.25) is 5.72 Å². The van der Waals surface area contributed by atoms with Gasteiger partial charge >= 0.3 is 3.90 Å². The standard InChI is InChI=1S/C12H21BrN2OS/c1-5-8-17-12(13)14-10(2,3)9-11(4)15(12)6-7-16-11/h5,14H,1,6-9H2,2-4H3/p+2/t11-,12+/m0/s1. The van der Waals surface area contributed by atoms with Crippen LogP contribution in [0.25, 0.3) is 0 Å². The van der Waals surface area contributed by atoms with Crippen molar-refractivity contribution in [2.75, 3.05) is 18.9 Å². The Hall–Kier alpha value is 0.450. The third-order valence-electron chi connectivity index (χ3n) is 3.60. The quantitative estimate of drug-likeness (QED) is 0.444. The third-order valence-corrected chi connectivity index (χ3v) is 6.18. The molecule has 0 bridgehead atoms. The fraction of sp³-hybridized carbons (Fsp3) is 0.833. The van der Waals surface area contributed by atoms with Crippen LogP contribution in [0.1, 0.15) is 27.2 Å². The fourth-order valence-corrected chi connectivity index (χ4v) is 6.13.